The smallest absolute Gasteiger partial charge is 0.0742 e. The van der Waals surface area contributed by atoms with Crippen molar-refractivity contribution >= 4 is 32.3 Å². The summed E-state index contributed by atoms with van der Waals surface area (Å²) in [7, 11) is 0. The number of pyridine rings is 1. The van der Waals surface area contributed by atoms with E-state index in [2.05, 4.69) is 97.0 Å². The van der Waals surface area contributed by atoms with Crippen molar-refractivity contribution in [2.24, 2.45) is 0 Å². The van der Waals surface area contributed by atoms with Crippen molar-refractivity contribution in [3.8, 4) is 0 Å². The standard InChI is InChI=1S/C29H35NS/c1-17(2)23-15-13-21-12-14-22(30-28(21)26(23)18(3)4)16-20(7)29-27(19(5)6)24-10-8-9-11-25(24)31-29/h8-15,17-20H,16H2,1-7H3. The third kappa shape index (κ3) is 4.15. The van der Waals surface area contributed by atoms with Gasteiger partial charge in [-0.2, -0.15) is 0 Å². The number of thiophene rings is 1. The van der Waals surface area contributed by atoms with E-state index in [9.17, 15) is 0 Å². The molecule has 1 unspecified atom stereocenters. The Balaban J connectivity index is 1.76. The molecule has 2 heteroatoms. The minimum Gasteiger partial charge on any atom is -0.253 e. The van der Waals surface area contributed by atoms with Gasteiger partial charge < -0.3 is 0 Å². The Kier molecular flexibility index (Phi) is 6.21. The van der Waals surface area contributed by atoms with Gasteiger partial charge in [-0.3, -0.25) is 4.98 Å². The summed E-state index contributed by atoms with van der Waals surface area (Å²) < 4.78 is 1.41. The topological polar surface area (TPSA) is 12.9 Å². The molecular formula is C29H35NS. The Morgan fingerprint density at radius 1 is 0.742 bits per heavy atom. The van der Waals surface area contributed by atoms with Crippen molar-refractivity contribution in [2.75, 3.05) is 0 Å². The summed E-state index contributed by atoms with van der Waals surface area (Å²) in [5.74, 6) is 1.96. The molecule has 2 aromatic heterocycles. The van der Waals surface area contributed by atoms with Crippen LogP contribution >= 0.6 is 11.3 Å². The summed E-state index contributed by atoms with van der Waals surface area (Å²) in [5.41, 5.74) is 6.79. The first kappa shape index (κ1) is 22.0. The fourth-order valence-electron chi connectivity index (χ4n) is 4.94. The largest absolute Gasteiger partial charge is 0.253 e. The number of benzene rings is 2. The Hall–Kier alpha value is -2.19. The summed E-state index contributed by atoms with van der Waals surface area (Å²) >= 11 is 1.97. The summed E-state index contributed by atoms with van der Waals surface area (Å²) in [5, 5.41) is 2.69. The zero-order valence-corrected chi connectivity index (χ0v) is 20.8. The van der Waals surface area contributed by atoms with Crippen LogP contribution in [0.25, 0.3) is 21.0 Å². The van der Waals surface area contributed by atoms with Crippen LogP contribution in [-0.2, 0) is 6.42 Å². The van der Waals surface area contributed by atoms with Gasteiger partial charge in [0.05, 0.1) is 5.52 Å². The van der Waals surface area contributed by atoms with Crippen molar-refractivity contribution < 1.29 is 0 Å². The van der Waals surface area contributed by atoms with Gasteiger partial charge in [0.25, 0.3) is 0 Å². The van der Waals surface area contributed by atoms with E-state index in [0.29, 0.717) is 23.7 Å². The lowest BCUT2D eigenvalue weighted by Crippen LogP contribution is -2.05. The highest BCUT2D eigenvalue weighted by atomic mass is 32.1. The van der Waals surface area contributed by atoms with Crippen molar-refractivity contribution in [3.63, 3.8) is 0 Å². The Labute approximate surface area is 191 Å². The molecule has 0 bridgehead atoms. The van der Waals surface area contributed by atoms with Gasteiger partial charge in [0.15, 0.2) is 0 Å². The van der Waals surface area contributed by atoms with Crippen LogP contribution in [0.1, 0.15) is 99.4 Å². The highest BCUT2D eigenvalue weighted by molar-refractivity contribution is 7.19. The average molecular weight is 430 g/mol. The van der Waals surface area contributed by atoms with Gasteiger partial charge >= 0.3 is 0 Å². The average Bonchev–Trinajstić information content (AvgIpc) is 3.12. The van der Waals surface area contributed by atoms with E-state index < -0.39 is 0 Å². The maximum atomic E-state index is 5.24. The van der Waals surface area contributed by atoms with Gasteiger partial charge in [0, 0.05) is 20.7 Å². The molecule has 0 aliphatic heterocycles. The minimum atomic E-state index is 0.454. The van der Waals surface area contributed by atoms with Gasteiger partial charge in [0.1, 0.15) is 0 Å². The van der Waals surface area contributed by atoms with E-state index in [-0.39, 0.29) is 0 Å². The second-order valence-electron chi connectivity index (χ2n) is 9.89. The molecule has 0 radical (unpaired) electrons. The zero-order chi connectivity index (χ0) is 22.3. The lowest BCUT2D eigenvalue weighted by Gasteiger charge is -2.19. The Morgan fingerprint density at radius 2 is 1.42 bits per heavy atom. The second kappa shape index (κ2) is 8.74. The molecule has 0 saturated carbocycles. The van der Waals surface area contributed by atoms with Crippen LogP contribution in [0.4, 0.5) is 0 Å². The summed E-state index contributed by atoms with van der Waals surface area (Å²) in [4.78, 5) is 6.76. The molecule has 4 aromatic rings. The van der Waals surface area contributed by atoms with Gasteiger partial charge in [0.2, 0.25) is 0 Å². The van der Waals surface area contributed by atoms with Crippen LogP contribution in [-0.4, -0.2) is 4.98 Å². The number of fused-ring (bicyclic) bond motifs is 2. The molecule has 162 valence electrons. The van der Waals surface area contributed by atoms with Crippen molar-refractivity contribution in [3.05, 3.63) is 75.8 Å². The first-order valence-electron chi connectivity index (χ1n) is 11.7. The first-order valence-corrected chi connectivity index (χ1v) is 12.5. The minimum absolute atomic E-state index is 0.454. The third-order valence-electron chi connectivity index (χ3n) is 6.39. The molecule has 0 aliphatic rings. The van der Waals surface area contributed by atoms with Gasteiger partial charge in [-0.05, 0) is 64.3 Å². The lowest BCUT2D eigenvalue weighted by atomic mass is 9.88. The van der Waals surface area contributed by atoms with Gasteiger partial charge in [-0.15, -0.1) is 11.3 Å². The number of hydrogen-bond donors (Lipinski definition) is 0. The van der Waals surface area contributed by atoms with E-state index in [1.807, 2.05) is 11.3 Å². The molecule has 0 fully saturated rings. The number of aromatic nitrogens is 1. The van der Waals surface area contributed by atoms with Gasteiger partial charge in [-0.25, -0.2) is 0 Å². The molecule has 2 heterocycles. The van der Waals surface area contributed by atoms with Crippen molar-refractivity contribution in [1.29, 1.82) is 0 Å². The fourth-order valence-corrected chi connectivity index (χ4v) is 6.35. The molecule has 1 nitrogen and oxygen atoms in total. The zero-order valence-electron chi connectivity index (χ0n) is 20.0. The highest BCUT2D eigenvalue weighted by Gasteiger charge is 2.21. The monoisotopic (exact) mass is 429 g/mol. The van der Waals surface area contributed by atoms with E-state index in [0.717, 1.165) is 6.42 Å². The molecule has 0 aliphatic carbocycles. The van der Waals surface area contributed by atoms with Crippen LogP contribution in [0, 0.1) is 0 Å². The predicted octanol–water partition coefficient (Wildman–Crippen LogP) is 9.17. The number of nitrogens with zero attached hydrogens (tertiary/aromatic N) is 1. The van der Waals surface area contributed by atoms with Crippen LogP contribution in [0.5, 0.6) is 0 Å². The van der Waals surface area contributed by atoms with E-state index >= 15 is 0 Å². The van der Waals surface area contributed by atoms with Crippen molar-refractivity contribution in [2.45, 2.75) is 78.6 Å². The Bertz CT molecular complexity index is 1210. The maximum absolute atomic E-state index is 5.24. The molecule has 2 aromatic carbocycles. The van der Waals surface area contributed by atoms with Gasteiger partial charge in [-0.1, -0.05) is 84.9 Å². The molecule has 1 atom stereocenters. The van der Waals surface area contributed by atoms with Crippen LogP contribution in [0.15, 0.2) is 48.5 Å². The molecule has 31 heavy (non-hydrogen) atoms. The number of hydrogen-bond acceptors (Lipinski definition) is 2. The lowest BCUT2D eigenvalue weighted by molar-refractivity contribution is 0.734. The van der Waals surface area contributed by atoms with Crippen molar-refractivity contribution in [1.82, 2.24) is 4.98 Å². The third-order valence-corrected chi connectivity index (χ3v) is 7.81. The summed E-state index contributed by atoms with van der Waals surface area (Å²) in [6, 6.07) is 17.9. The van der Waals surface area contributed by atoms with E-state index in [1.54, 1.807) is 0 Å². The molecule has 0 N–H and O–H groups in total. The molecule has 0 saturated heterocycles. The molecule has 0 spiro atoms. The SMILES string of the molecule is CC(C)c1ccc2ccc(CC(C)c3sc4ccccc4c3C(C)C)nc2c1C(C)C. The predicted molar refractivity (Wildman–Crippen MR) is 138 cm³/mol. The molecule has 0 amide bonds. The maximum Gasteiger partial charge on any atom is 0.0742 e. The highest BCUT2D eigenvalue weighted by Crippen LogP contribution is 2.41. The fraction of sp³-hybridized carbons (Fsp3) is 0.414. The normalized spacial score (nSPS) is 13.2. The molecule has 4 rings (SSSR count). The quantitative estimate of drug-likeness (QED) is 0.298. The van der Waals surface area contributed by atoms with Crippen LogP contribution in [0.3, 0.4) is 0 Å². The van der Waals surface area contributed by atoms with E-state index in [1.165, 1.54) is 48.3 Å². The Morgan fingerprint density at radius 3 is 2.10 bits per heavy atom. The van der Waals surface area contributed by atoms with Crippen LogP contribution < -0.4 is 0 Å². The second-order valence-corrected chi connectivity index (χ2v) is 11.0. The summed E-state index contributed by atoms with van der Waals surface area (Å²) in [6.45, 7) is 16.2. The molecular weight excluding hydrogens is 394 g/mol. The van der Waals surface area contributed by atoms with E-state index in [4.69, 9.17) is 4.98 Å². The first-order chi connectivity index (χ1) is 14.8. The van der Waals surface area contributed by atoms with Crippen LogP contribution in [0.2, 0.25) is 0 Å². The summed E-state index contributed by atoms with van der Waals surface area (Å²) in [6.07, 6.45) is 0.978. The number of rotatable bonds is 6.